The Hall–Kier alpha value is -2.06. The van der Waals surface area contributed by atoms with Gasteiger partial charge in [-0.2, -0.15) is 5.10 Å². The van der Waals surface area contributed by atoms with Crippen LogP contribution in [0.3, 0.4) is 0 Å². The molecular formula is C18H17ClN2. The number of hydrogen-bond donors (Lipinski definition) is 1. The van der Waals surface area contributed by atoms with Crippen LogP contribution in [0.25, 0.3) is 11.1 Å². The third-order valence-corrected chi connectivity index (χ3v) is 4.08. The number of benzene rings is 2. The lowest BCUT2D eigenvalue weighted by atomic mass is 9.88. The van der Waals surface area contributed by atoms with Gasteiger partial charge in [0.15, 0.2) is 0 Å². The minimum absolute atomic E-state index is 0.403. The molecule has 0 saturated carbocycles. The van der Waals surface area contributed by atoms with E-state index in [1.54, 1.807) is 0 Å². The first-order valence-corrected chi connectivity index (χ1v) is 7.50. The summed E-state index contributed by atoms with van der Waals surface area (Å²) in [7, 11) is 0. The Bertz CT molecular complexity index is 685. The molecule has 1 heterocycles. The van der Waals surface area contributed by atoms with Crippen molar-refractivity contribution in [2.24, 2.45) is 0 Å². The molecule has 0 fully saturated rings. The first-order valence-electron chi connectivity index (χ1n) is 7.12. The Balaban J connectivity index is 1.89. The van der Waals surface area contributed by atoms with Crippen molar-refractivity contribution in [3.63, 3.8) is 0 Å². The molecule has 0 spiro atoms. The van der Waals surface area contributed by atoms with Gasteiger partial charge in [-0.15, -0.1) is 0 Å². The number of aromatic amines is 1. The van der Waals surface area contributed by atoms with E-state index in [-0.39, 0.29) is 0 Å². The summed E-state index contributed by atoms with van der Waals surface area (Å²) < 4.78 is 0. The summed E-state index contributed by atoms with van der Waals surface area (Å²) >= 11 is 5.97. The smallest absolute Gasteiger partial charge is 0.0565 e. The van der Waals surface area contributed by atoms with Crippen LogP contribution < -0.4 is 0 Å². The van der Waals surface area contributed by atoms with Gasteiger partial charge in [-0.3, -0.25) is 5.10 Å². The van der Waals surface area contributed by atoms with Gasteiger partial charge in [0.1, 0.15) is 0 Å². The van der Waals surface area contributed by atoms with Crippen LogP contribution in [0, 0.1) is 0 Å². The van der Waals surface area contributed by atoms with Gasteiger partial charge in [-0.1, -0.05) is 54.9 Å². The number of rotatable bonds is 4. The van der Waals surface area contributed by atoms with Crippen LogP contribution in [0.2, 0.25) is 5.02 Å². The highest BCUT2D eigenvalue weighted by Gasteiger charge is 2.12. The molecule has 0 saturated heterocycles. The summed E-state index contributed by atoms with van der Waals surface area (Å²) in [6.07, 6.45) is 4.81. The van der Waals surface area contributed by atoms with Crippen LogP contribution in [-0.4, -0.2) is 10.2 Å². The minimum atomic E-state index is 0.403. The predicted molar refractivity (Wildman–Crippen MR) is 87.6 cm³/mol. The van der Waals surface area contributed by atoms with Crippen molar-refractivity contribution < 1.29 is 0 Å². The lowest BCUT2D eigenvalue weighted by Gasteiger charge is -2.16. The van der Waals surface area contributed by atoms with Gasteiger partial charge in [0.2, 0.25) is 0 Å². The van der Waals surface area contributed by atoms with Crippen molar-refractivity contribution in [1.82, 2.24) is 10.2 Å². The predicted octanol–water partition coefficient (Wildman–Crippen LogP) is 5.27. The highest BCUT2D eigenvalue weighted by molar-refractivity contribution is 6.30. The fraction of sp³-hybridized carbons (Fsp3) is 0.167. The number of halogens is 1. The van der Waals surface area contributed by atoms with Gasteiger partial charge in [0.05, 0.1) is 6.20 Å². The molecule has 106 valence electrons. The van der Waals surface area contributed by atoms with Gasteiger partial charge in [-0.05, 0) is 35.2 Å². The Morgan fingerprint density at radius 2 is 1.57 bits per heavy atom. The maximum atomic E-state index is 5.97. The first-order chi connectivity index (χ1) is 10.3. The number of aromatic nitrogens is 2. The molecule has 0 bridgehead atoms. The molecule has 0 aliphatic heterocycles. The molecule has 1 N–H and O–H groups in total. The van der Waals surface area contributed by atoms with E-state index in [9.17, 15) is 0 Å². The average Bonchev–Trinajstić information content (AvgIpc) is 3.05. The Morgan fingerprint density at radius 3 is 2.10 bits per heavy atom. The van der Waals surface area contributed by atoms with E-state index in [1.807, 2.05) is 24.5 Å². The molecule has 0 aliphatic carbocycles. The molecule has 1 unspecified atom stereocenters. The van der Waals surface area contributed by atoms with E-state index >= 15 is 0 Å². The van der Waals surface area contributed by atoms with E-state index in [2.05, 4.69) is 53.5 Å². The second kappa shape index (κ2) is 6.15. The molecule has 0 aliphatic rings. The summed E-state index contributed by atoms with van der Waals surface area (Å²) in [4.78, 5) is 0. The molecule has 1 atom stereocenters. The first kappa shape index (κ1) is 13.9. The van der Waals surface area contributed by atoms with Crippen molar-refractivity contribution in [3.05, 3.63) is 77.1 Å². The monoisotopic (exact) mass is 296 g/mol. The molecule has 2 nitrogen and oxygen atoms in total. The van der Waals surface area contributed by atoms with Crippen LogP contribution in [-0.2, 0) is 0 Å². The minimum Gasteiger partial charge on any atom is -0.285 e. The van der Waals surface area contributed by atoms with E-state index in [4.69, 9.17) is 11.6 Å². The second-order valence-corrected chi connectivity index (χ2v) is 5.56. The van der Waals surface area contributed by atoms with E-state index in [0.29, 0.717) is 5.92 Å². The normalized spacial score (nSPS) is 12.3. The van der Waals surface area contributed by atoms with Gasteiger partial charge in [-0.25, -0.2) is 0 Å². The van der Waals surface area contributed by atoms with Crippen molar-refractivity contribution in [2.75, 3.05) is 0 Å². The zero-order valence-corrected chi connectivity index (χ0v) is 12.6. The third kappa shape index (κ3) is 3.01. The SMILES string of the molecule is CCC(c1ccc(Cl)cc1)c1ccc(-c2cn[nH]c2)cc1. The highest BCUT2D eigenvalue weighted by Crippen LogP contribution is 2.30. The van der Waals surface area contributed by atoms with Gasteiger partial charge in [0.25, 0.3) is 0 Å². The Kier molecular flexibility index (Phi) is 4.07. The largest absolute Gasteiger partial charge is 0.285 e. The third-order valence-electron chi connectivity index (χ3n) is 3.83. The standard InChI is InChI=1S/C18H17ClN2/c1-2-18(15-7-9-17(19)10-8-15)14-5-3-13(4-6-14)16-11-20-21-12-16/h3-12,18H,2H2,1H3,(H,20,21). The van der Waals surface area contributed by atoms with Crippen LogP contribution in [0.1, 0.15) is 30.4 Å². The summed E-state index contributed by atoms with van der Waals surface area (Å²) in [5.41, 5.74) is 4.92. The highest BCUT2D eigenvalue weighted by atomic mass is 35.5. The summed E-state index contributed by atoms with van der Waals surface area (Å²) in [5, 5.41) is 7.62. The fourth-order valence-electron chi connectivity index (χ4n) is 2.68. The van der Waals surface area contributed by atoms with Crippen molar-refractivity contribution in [3.8, 4) is 11.1 Å². The molecule has 21 heavy (non-hydrogen) atoms. The topological polar surface area (TPSA) is 28.7 Å². The van der Waals surface area contributed by atoms with Crippen LogP contribution in [0.5, 0.6) is 0 Å². The van der Waals surface area contributed by atoms with Gasteiger partial charge < -0.3 is 0 Å². The lowest BCUT2D eigenvalue weighted by Crippen LogP contribution is -1.99. The summed E-state index contributed by atoms with van der Waals surface area (Å²) in [6.45, 7) is 2.21. The maximum absolute atomic E-state index is 5.97. The number of nitrogens with zero attached hydrogens (tertiary/aromatic N) is 1. The maximum Gasteiger partial charge on any atom is 0.0565 e. The number of nitrogens with one attached hydrogen (secondary N) is 1. The van der Waals surface area contributed by atoms with Crippen molar-refractivity contribution in [1.29, 1.82) is 0 Å². The van der Waals surface area contributed by atoms with Crippen LogP contribution >= 0.6 is 11.6 Å². The molecular weight excluding hydrogens is 280 g/mol. The molecule has 3 rings (SSSR count). The number of H-pyrrole nitrogens is 1. The number of hydrogen-bond acceptors (Lipinski definition) is 1. The fourth-order valence-corrected chi connectivity index (χ4v) is 2.80. The van der Waals surface area contributed by atoms with E-state index in [0.717, 1.165) is 17.0 Å². The van der Waals surface area contributed by atoms with Gasteiger partial charge >= 0.3 is 0 Å². The Labute approximate surface area is 129 Å². The van der Waals surface area contributed by atoms with Crippen LogP contribution in [0.4, 0.5) is 0 Å². The zero-order chi connectivity index (χ0) is 14.7. The average molecular weight is 297 g/mol. The lowest BCUT2D eigenvalue weighted by molar-refractivity contribution is 0.777. The summed E-state index contributed by atoms with van der Waals surface area (Å²) in [6, 6.07) is 16.8. The summed E-state index contributed by atoms with van der Waals surface area (Å²) in [5.74, 6) is 0.403. The van der Waals surface area contributed by atoms with E-state index in [1.165, 1.54) is 16.7 Å². The molecule has 3 heteroatoms. The van der Waals surface area contributed by atoms with Crippen molar-refractivity contribution in [2.45, 2.75) is 19.3 Å². The molecule has 2 aromatic carbocycles. The second-order valence-electron chi connectivity index (χ2n) is 5.12. The molecule has 1 aromatic heterocycles. The van der Waals surface area contributed by atoms with E-state index < -0.39 is 0 Å². The van der Waals surface area contributed by atoms with Gasteiger partial charge in [0, 0.05) is 22.7 Å². The molecule has 0 radical (unpaired) electrons. The van der Waals surface area contributed by atoms with Crippen LogP contribution in [0.15, 0.2) is 60.9 Å². The quantitative estimate of drug-likeness (QED) is 0.698. The zero-order valence-electron chi connectivity index (χ0n) is 11.9. The van der Waals surface area contributed by atoms with Crippen molar-refractivity contribution >= 4 is 11.6 Å². The molecule has 3 aromatic rings. The molecule has 0 amide bonds. The Morgan fingerprint density at radius 1 is 0.952 bits per heavy atom.